The third-order valence-electron chi connectivity index (χ3n) is 4.39. The van der Waals surface area contributed by atoms with Gasteiger partial charge in [0, 0.05) is 17.4 Å². The van der Waals surface area contributed by atoms with Gasteiger partial charge in [-0.1, -0.05) is 30.9 Å². The van der Waals surface area contributed by atoms with Crippen molar-refractivity contribution in [3.8, 4) is 0 Å². The molecule has 0 heterocycles. The summed E-state index contributed by atoms with van der Waals surface area (Å²) in [7, 11) is -3.65. The van der Waals surface area contributed by atoms with E-state index in [1.165, 1.54) is 31.4 Å². The molecule has 0 amide bonds. The second kappa shape index (κ2) is 7.03. The summed E-state index contributed by atoms with van der Waals surface area (Å²) in [5, 5.41) is 3.68. The van der Waals surface area contributed by atoms with Gasteiger partial charge in [0.15, 0.2) is 0 Å². The Labute approximate surface area is 147 Å². The molecule has 1 fully saturated rings. The molecule has 1 aliphatic rings. The number of nitrogens with one attached hydrogen (secondary N) is 1. The second-order valence-corrected chi connectivity index (χ2v) is 8.52. The van der Waals surface area contributed by atoms with Crippen LogP contribution in [0, 0.1) is 0 Å². The molecule has 24 heavy (non-hydrogen) atoms. The van der Waals surface area contributed by atoms with Crippen molar-refractivity contribution in [1.29, 1.82) is 0 Å². The van der Waals surface area contributed by atoms with Crippen LogP contribution in [0.25, 0.3) is 0 Å². The molecule has 3 rings (SSSR count). The molecule has 0 radical (unpaired) electrons. The molecular formula is C18H21ClN2O2S. The van der Waals surface area contributed by atoms with Gasteiger partial charge in [-0.05, 0) is 55.3 Å². The minimum Gasteiger partial charge on any atom is -0.399 e. The van der Waals surface area contributed by atoms with Crippen LogP contribution in [0.3, 0.4) is 0 Å². The number of nitrogen functional groups attached to an aromatic ring is 1. The Morgan fingerprint density at radius 3 is 2.29 bits per heavy atom. The summed E-state index contributed by atoms with van der Waals surface area (Å²) in [6.45, 7) is 0. The Bertz CT molecular complexity index is 813. The van der Waals surface area contributed by atoms with Crippen LogP contribution in [0.15, 0.2) is 52.3 Å². The fourth-order valence-electron chi connectivity index (χ4n) is 3.07. The first-order chi connectivity index (χ1) is 11.5. The number of halogens is 1. The zero-order valence-corrected chi connectivity index (χ0v) is 14.9. The van der Waals surface area contributed by atoms with Crippen molar-refractivity contribution in [1.82, 2.24) is 0 Å². The highest BCUT2D eigenvalue weighted by atomic mass is 35.5. The van der Waals surface area contributed by atoms with Crippen LogP contribution in [0.4, 0.5) is 11.4 Å². The Kier molecular flexibility index (Phi) is 5.01. The lowest BCUT2D eigenvalue weighted by Gasteiger charge is -2.24. The number of rotatable bonds is 4. The third kappa shape index (κ3) is 3.68. The molecule has 0 unspecified atom stereocenters. The van der Waals surface area contributed by atoms with Crippen LogP contribution >= 0.6 is 11.6 Å². The molecule has 0 aromatic heterocycles. The summed E-state index contributed by atoms with van der Waals surface area (Å²) in [6.07, 6.45) is 6.04. The summed E-state index contributed by atoms with van der Waals surface area (Å²) in [4.78, 5) is 0.301. The molecule has 6 heteroatoms. The zero-order chi connectivity index (χ0) is 17.2. The topological polar surface area (TPSA) is 72.2 Å². The molecule has 0 atom stereocenters. The van der Waals surface area contributed by atoms with Crippen molar-refractivity contribution in [2.45, 2.75) is 47.9 Å². The maximum Gasteiger partial charge on any atom is 0.208 e. The summed E-state index contributed by atoms with van der Waals surface area (Å²) in [5.41, 5.74) is 7.00. The molecule has 128 valence electrons. The van der Waals surface area contributed by atoms with Crippen LogP contribution in [0.5, 0.6) is 0 Å². The Balaban J connectivity index is 1.84. The van der Waals surface area contributed by atoms with Gasteiger partial charge in [-0.15, -0.1) is 0 Å². The minimum absolute atomic E-state index is 0.114. The molecule has 3 N–H and O–H groups in total. The second-order valence-electron chi connectivity index (χ2n) is 6.20. The predicted molar refractivity (Wildman–Crippen MR) is 98.3 cm³/mol. The quantitative estimate of drug-likeness (QED) is 0.783. The van der Waals surface area contributed by atoms with Crippen LogP contribution in [-0.2, 0) is 9.84 Å². The summed E-state index contributed by atoms with van der Waals surface area (Å²) < 4.78 is 25.4. The molecule has 4 nitrogen and oxygen atoms in total. The lowest BCUT2D eigenvalue weighted by atomic mass is 9.95. The van der Waals surface area contributed by atoms with E-state index in [2.05, 4.69) is 5.32 Å². The first-order valence-corrected chi connectivity index (χ1v) is 9.99. The van der Waals surface area contributed by atoms with Crippen molar-refractivity contribution < 1.29 is 8.42 Å². The van der Waals surface area contributed by atoms with E-state index >= 15 is 0 Å². The average molecular weight is 365 g/mol. The average Bonchev–Trinajstić information content (AvgIpc) is 2.56. The van der Waals surface area contributed by atoms with Gasteiger partial charge < -0.3 is 11.1 Å². The molecule has 0 bridgehead atoms. The highest BCUT2D eigenvalue weighted by Crippen LogP contribution is 2.31. The maximum atomic E-state index is 12.7. The largest absolute Gasteiger partial charge is 0.399 e. The molecule has 2 aromatic rings. The molecular weight excluding hydrogens is 344 g/mol. The first kappa shape index (κ1) is 17.1. The van der Waals surface area contributed by atoms with Gasteiger partial charge in [0.2, 0.25) is 9.84 Å². The normalized spacial score (nSPS) is 16.0. The molecule has 0 spiro atoms. The number of anilines is 2. The monoisotopic (exact) mass is 364 g/mol. The summed E-state index contributed by atoms with van der Waals surface area (Å²) in [6, 6.07) is 11.6. The van der Waals surface area contributed by atoms with Crippen molar-refractivity contribution in [2.75, 3.05) is 11.1 Å². The highest BCUT2D eigenvalue weighted by Gasteiger charge is 2.21. The SMILES string of the molecule is Nc1ccc(S(=O)(=O)c2ccc(NC3CCCCC3)cc2Cl)cc1. The van der Waals surface area contributed by atoms with Crippen molar-refractivity contribution in [3.05, 3.63) is 47.5 Å². The fraction of sp³-hybridized carbons (Fsp3) is 0.333. The van der Waals surface area contributed by atoms with Gasteiger partial charge in [-0.3, -0.25) is 0 Å². The Morgan fingerprint density at radius 2 is 1.67 bits per heavy atom. The summed E-state index contributed by atoms with van der Waals surface area (Å²) in [5.74, 6) is 0. The van der Waals surface area contributed by atoms with E-state index in [0.29, 0.717) is 11.7 Å². The third-order valence-corrected chi connectivity index (χ3v) is 6.64. The van der Waals surface area contributed by atoms with E-state index < -0.39 is 9.84 Å². The smallest absolute Gasteiger partial charge is 0.208 e. The van der Waals surface area contributed by atoms with E-state index in [4.69, 9.17) is 17.3 Å². The lowest BCUT2D eigenvalue weighted by Crippen LogP contribution is -2.22. The maximum absolute atomic E-state index is 12.7. The standard InChI is InChI=1S/C18H21ClN2O2S/c19-17-12-15(21-14-4-2-1-3-5-14)8-11-18(17)24(22,23)16-9-6-13(20)7-10-16/h6-12,14,21H,1-5,20H2. The van der Waals surface area contributed by atoms with Gasteiger partial charge in [-0.2, -0.15) is 0 Å². The number of hydrogen-bond donors (Lipinski definition) is 2. The predicted octanol–water partition coefficient (Wildman–Crippen LogP) is 4.50. The van der Waals surface area contributed by atoms with Crippen molar-refractivity contribution >= 4 is 32.8 Å². The van der Waals surface area contributed by atoms with Gasteiger partial charge >= 0.3 is 0 Å². The Hall–Kier alpha value is -1.72. The van der Waals surface area contributed by atoms with Crippen molar-refractivity contribution in [2.24, 2.45) is 0 Å². The van der Waals surface area contributed by atoms with Gasteiger partial charge in [0.25, 0.3) is 0 Å². The first-order valence-electron chi connectivity index (χ1n) is 8.13. The number of hydrogen-bond acceptors (Lipinski definition) is 4. The van der Waals surface area contributed by atoms with E-state index in [9.17, 15) is 8.42 Å². The van der Waals surface area contributed by atoms with Gasteiger partial charge in [0.1, 0.15) is 0 Å². The van der Waals surface area contributed by atoms with Crippen LogP contribution in [0.2, 0.25) is 5.02 Å². The summed E-state index contributed by atoms with van der Waals surface area (Å²) >= 11 is 6.27. The van der Waals surface area contributed by atoms with Crippen LogP contribution < -0.4 is 11.1 Å². The van der Waals surface area contributed by atoms with E-state index in [-0.39, 0.29) is 14.8 Å². The van der Waals surface area contributed by atoms with Crippen LogP contribution in [0.1, 0.15) is 32.1 Å². The number of sulfone groups is 1. The zero-order valence-electron chi connectivity index (χ0n) is 13.3. The van der Waals surface area contributed by atoms with Gasteiger partial charge in [-0.25, -0.2) is 8.42 Å². The fourth-order valence-corrected chi connectivity index (χ4v) is 4.86. The molecule has 1 aliphatic carbocycles. The van der Waals surface area contributed by atoms with E-state index in [1.807, 2.05) is 0 Å². The molecule has 2 aromatic carbocycles. The van der Waals surface area contributed by atoms with E-state index in [0.717, 1.165) is 18.5 Å². The number of benzene rings is 2. The molecule has 0 saturated heterocycles. The minimum atomic E-state index is -3.65. The number of nitrogens with two attached hydrogens (primary N) is 1. The highest BCUT2D eigenvalue weighted by molar-refractivity contribution is 7.91. The Morgan fingerprint density at radius 1 is 1.00 bits per heavy atom. The molecule has 1 saturated carbocycles. The lowest BCUT2D eigenvalue weighted by molar-refractivity contribution is 0.463. The van der Waals surface area contributed by atoms with Crippen molar-refractivity contribution in [3.63, 3.8) is 0 Å². The van der Waals surface area contributed by atoms with Crippen LogP contribution in [-0.4, -0.2) is 14.5 Å². The van der Waals surface area contributed by atoms with E-state index in [1.54, 1.807) is 30.3 Å². The molecule has 0 aliphatic heterocycles. The van der Waals surface area contributed by atoms with Gasteiger partial charge in [0.05, 0.1) is 14.8 Å².